The van der Waals surface area contributed by atoms with Crippen molar-refractivity contribution in [2.75, 3.05) is 13.1 Å². The molecule has 122 valence electrons. The van der Waals surface area contributed by atoms with Crippen LogP contribution >= 0.6 is 12.4 Å². The van der Waals surface area contributed by atoms with E-state index in [0.29, 0.717) is 18.4 Å². The minimum Gasteiger partial charge on any atom is -0.335 e. The molecule has 3 rings (SSSR count). The molecule has 1 aromatic carbocycles. The van der Waals surface area contributed by atoms with Gasteiger partial charge in [-0.3, -0.25) is 4.79 Å². The van der Waals surface area contributed by atoms with Crippen molar-refractivity contribution in [3.05, 3.63) is 35.6 Å². The summed E-state index contributed by atoms with van der Waals surface area (Å²) in [7, 11) is 0. The van der Waals surface area contributed by atoms with Gasteiger partial charge in [0, 0.05) is 19.0 Å². The van der Waals surface area contributed by atoms with E-state index >= 15 is 0 Å². The summed E-state index contributed by atoms with van der Waals surface area (Å²) in [6.07, 6.45) is 3.80. The summed E-state index contributed by atoms with van der Waals surface area (Å²) in [6, 6.07) is 7.04. The van der Waals surface area contributed by atoms with Gasteiger partial charge in [0.15, 0.2) is 0 Å². The Bertz CT molecular complexity index is 519. The van der Waals surface area contributed by atoms with Gasteiger partial charge in [-0.15, -0.1) is 12.4 Å². The van der Waals surface area contributed by atoms with Crippen molar-refractivity contribution in [3.8, 4) is 0 Å². The van der Waals surface area contributed by atoms with Crippen LogP contribution in [0.4, 0.5) is 4.39 Å². The second-order valence-corrected chi connectivity index (χ2v) is 6.35. The molecule has 0 spiro atoms. The van der Waals surface area contributed by atoms with E-state index < -0.39 is 0 Å². The number of benzene rings is 1. The minimum atomic E-state index is -0.226. The van der Waals surface area contributed by atoms with Gasteiger partial charge in [-0.2, -0.15) is 0 Å². The highest BCUT2D eigenvalue weighted by Crippen LogP contribution is 2.37. The van der Waals surface area contributed by atoms with Crippen molar-refractivity contribution in [2.45, 2.75) is 44.7 Å². The van der Waals surface area contributed by atoms with Crippen LogP contribution in [0.2, 0.25) is 0 Å². The Kier molecular flexibility index (Phi) is 5.81. The van der Waals surface area contributed by atoms with Crippen molar-refractivity contribution in [1.29, 1.82) is 0 Å². The molecule has 0 aromatic heterocycles. The van der Waals surface area contributed by atoms with Gasteiger partial charge in [-0.25, -0.2) is 4.39 Å². The zero-order valence-corrected chi connectivity index (χ0v) is 13.7. The van der Waals surface area contributed by atoms with Gasteiger partial charge < -0.3 is 10.2 Å². The van der Waals surface area contributed by atoms with E-state index in [1.807, 2.05) is 11.0 Å². The number of halogens is 2. The number of hydrogen-bond donors (Lipinski definition) is 1. The van der Waals surface area contributed by atoms with Crippen LogP contribution in [0.1, 0.15) is 44.2 Å². The molecule has 3 nitrogen and oxygen atoms in total. The Morgan fingerprint density at radius 1 is 1.41 bits per heavy atom. The highest BCUT2D eigenvalue weighted by molar-refractivity contribution is 5.85. The molecule has 1 aromatic rings. The van der Waals surface area contributed by atoms with Gasteiger partial charge in [-0.05, 0) is 49.4 Å². The highest BCUT2D eigenvalue weighted by atomic mass is 35.5. The van der Waals surface area contributed by atoms with Crippen molar-refractivity contribution in [3.63, 3.8) is 0 Å². The van der Waals surface area contributed by atoms with Gasteiger partial charge >= 0.3 is 0 Å². The first kappa shape index (κ1) is 17.2. The number of likely N-dealkylation sites (tertiary alicyclic amines) is 1. The highest BCUT2D eigenvalue weighted by Gasteiger charge is 2.36. The second-order valence-electron chi connectivity index (χ2n) is 6.35. The molecular weight excluding hydrogens is 303 g/mol. The molecule has 2 aliphatic heterocycles. The Balaban J connectivity index is 0.00000176. The normalized spacial score (nSPS) is 27.7. The zero-order chi connectivity index (χ0) is 14.8. The monoisotopic (exact) mass is 326 g/mol. The largest absolute Gasteiger partial charge is 0.335 e. The quantitative estimate of drug-likeness (QED) is 0.924. The molecule has 22 heavy (non-hydrogen) atoms. The summed E-state index contributed by atoms with van der Waals surface area (Å²) in [5.74, 6) is 0.358. The molecular formula is C17H24ClFN2O. The number of rotatable bonds is 3. The van der Waals surface area contributed by atoms with Crippen molar-refractivity contribution in [2.24, 2.45) is 5.92 Å². The van der Waals surface area contributed by atoms with Crippen molar-refractivity contribution >= 4 is 18.3 Å². The molecule has 1 amide bonds. The van der Waals surface area contributed by atoms with Crippen LogP contribution < -0.4 is 5.32 Å². The molecule has 0 bridgehead atoms. The molecule has 0 aliphatic carbocycles. The summed E-state index contributed by atoms with van der Waals surface area (Å²) in [4.78, 5) is 14.6. The number of nitrogens with one attached hydrogen (secondary N) is 1. The number of hydrogen-bond acceptors (Lipinski definition) is 2. The first-order valence-electron chi connectivity index (χ1n) is 7.93. The summed E-state index contributed by atoms with van der Waals surface area (Å²) in [5.41, 5.74) is 0.924. The maximum atomic E-state index is 13.5. The Labute approximate surface area is 137 Å². The SMILES string of the molecule is CC1CCN(C(=O)CC2CCCN2)C1c1cccc(F)c1.Cl. The number of carbonyl (C=O) groups is 1. The number of nitrogens with zero attached hydrogens (tertiary/aromatic N) is 1. The molecule has 3 atom stereocenters. The lowest BCUT2D eigenvalue weighted by Crippen LogP contribution is -2.36. The van der Waals surface area contributed by atoms with Crippen molar-refractivity contribution in [1.82, 2.24) is 10.2 Å². The fourth-order valence-corrected chi connectivity index (χ4v) is 3.68. The smallest absolute Gasteiger partial charge is 0.224 e. The maximum Gasteiger partial charge on any atom is 0.224 e. The van der Waals surface area contributed by atoms with Gasteiger partial charge in [0.05, 0.1) is 6.04 Å². The van der Waals surface area contributed by atoms with E-state index in [0.717, 1.165) is 37.9 Å². The van der Waals surface area contributed by atoms with E-state index in [-0.39, 0.29) is 30.2 Å². The van der Waals surface area contributed by atoms with E-state index in [4.69, 9.17) is 0 Å². The average Bonchev–Trinajstić information content (AvgIpc) is 3.08. The number of carbonyl (C=O) groups excluding carboxylic acids is 1. The lowest BCUT2D eigenvalue weighted by atomic mass is 9.95. The fourth-order valence-electron chi connectivity index (χ4n) is 3.68. The van der Waals surface area contributed by atoms with E-state index in [9.17, 15) is 9.18 Å². The molecule has 0 radical (unpaired) electrons. The summed E-state index contributed by atoms with van der Waals surface area (Å²) in [6.45, 7) is 3.95. The van der Waals surface area contributed by atoms with Gasteiger partial charge in [0.25, 0.3) is 0 Å². The first-order valence-corrected chi connectivity index (χ1v) is 7.93. The summed E-state index contributed by atoms with van der Waals surface area (Å²) >= 11 is 0. The zero-order valence-electron chi connectivity index (χ0n) is 12.9. The summed E-state index contributed by atoms with van der Waals surface area (Å²) < 4.78 is 13.5. The Hall–Kier alpha value is -1.13. The van der Waals surface area contributed by atoms with Gasteiger partial charge in [-0.1, -0.05) is 19.1 Å². The molecule has 2 heterocycles. The Morgan fingerprint density at radius 3 is 2.91 bits per heavy atom. The lowest BCUT2D eigenvalue weighted by molar-refractivity contribution is -0.133. The van der Waals surface area contributed by atoms with Crippen LogP contribution in [-0.4, -0.2) is 29.9 Å². The van der Waals surface area contributed by atoms with Crippen molar-refractivity contribution < 1.29 is 9.18 Å². The summed E-state index contributed by atoms with van der Waals surface area (Å²) in [5, 5.41) is 3.38. The molecule has 0 saturated carbocycles. The maximum absolute atomic E-state index is 13.5. The molecule has 5 heteroatoms. The minimum absolute atomic E-state index is 0. The van der Waals surface area contributed by atoms with Crippen LogP contribution in [0.5, 0.6) is 0 Å². The predicted molar refractivity (Wildman–Crippen MR) is 87.5 cm³/mol. The Morgan fingerprint density at radius 2 is 2.23 bits per heavy atom. The average molecular weight is 327 g/mol. The first-order chi connectivity index (χ1) is 10.1. The van der Waals surface area contributed by atoms with Gasteiger partial charge in [0.2, 0.25) is 5.91 Å². The second kappa shape index (κ2) is 7.42. The van der Waals surface area contributed by atoms with Crippen LogP contribution in [0.3, 0.4) is 0 Å². The third-order valence-electron chi connectivity index (χ3n) is 4.79. The van der Waals surface area contributed by atoms with E-state index in [1.54, 1.807) is 12.1 Å². The van der Waals surface area contributed by atoms with Crippen LogP contribution in [0.25, 0.3) is 0 Å². The van der Waals surface area contributed by atoms with E-state index in [2.05, 4.69) is 12.2 Å². The number of amides is 1. The third kappa shape index (κ3) is 3.61. The van der Waals surface area contributed by atoms with Crippen LogP contribution in [0.15, 0.2) is 24.3 Å². The molecule has 3 unspecified atom stereocenters. The molecule has 2 saturated heterocycles. The molecule has 1 N–H and O–H groups in total. The van der Waals surface area contributed by atoms with E-state index in [1.165, 1.54) is 6.07 Å². The standard InChI is InChI=1S/C17H23FN2O.ClH/c1-12-7-9-20(16(21)11-15-6-3-8-19-15)17(12)13-4-2-5-14(18)10-13;/h2,4-5,10,12,15,17,19H,3,6-9,11H2,1H3;1H. The van der Waals surface area contributed by atoms with Gasteiger partial charge in [0.1, 0.15) is 5.82 Å². The predicted octanol–water partition coefficient (Wildman–Crippen LogP) is 3.30. The lowest BCUT2D eigenvalue weighted by Gasteiger charge is -2.28. The van der Waals surface area contributed by atoms with Crippen LogP contribution in [0, 0.1) is 11.7 Å². The molecule has 2 fully saturated rings. The third-order valence-corrected chi connectivity index (χ3v) is 4.79. The molecule has 2 aliphatic rings. The fraction of sp³-hybridized carbons (Fsp3) is 0.588. The van der Waals surface area contributed by atoms with Crippen LogP contribution in [-0.2, 0) is 4.79 Å². The topological polar surface area (TPSA) is 32.3 Å².